The van der Waals surface area contributed by atoms with Crippen molar-refractivity contribution in [3.8, 4) is 0 Å². The maximum atomic E-state index is 4.44. The van der Waals surface area contributed by atoms with E-state index in [4.69, 9.17) is 0 Å². The lowest BCUT2D eigenvalue weighted by atomic mass is 9.96. The average molecular weight is 215 g/mol. The molecule has 2 heterocycles. The van der Waals surface area contributed by atoms with Crippen LogP contribution in [0.15, 0.2) is 24.3 Å². The van der Waals surface area contributed by atoms with Gasteiger partial charge in [-0.1, -0.05) is 24.3 Å². The first-order chi connectivity index (χ1) is 7.93. The van der Waals surface area contributed by atoms with E-state index in [2.05, 4.69) is 34.5 Å². The van der Waals surface area contributed by atoms with Crippen molar-refractivity contribution in [1.82, 2.24) is 10.2 Å². The molecule has 1 saturated heterocycles. The maximum absolute atomic E-state index is 4.44. The van der Waals surface area contributed by atoms with Gasteiger partial charge in [0, 0.05) is 32.2 Å². The van der Waals surface area contributed by atoms with E-state index in [1.165, 1.54) is 31.4 Å². The second kappa shape index (κ2) is 4.56. The number of benzene rings is 1. The van der Waals surface area contributed by atoms with Crippen molar-refractivity contribution in [2.45, 2.75) is 31.8 Å². The Kier molecular flexibility index (Phi) is 2.94. The van der Waals surface area contributed by atoms with E-state index in [1.807, 2.05) is 0 Å². The highest BCUT2D eigenvalue weighted by Crippen LogP contribution is 2.23. The molecule has 2 aliphatic rings. The molecular weight excluding hydrogens is 196 g/mol. The average Bonchev–Trinajstić information content (AvgIpc) is 2.39. The number of piperidine rings is 1. The molecule has 1 fully saturated rings. The van der Waals surface area contributed by atoms with E-state index >= 15 is 0 Å². The third-order valence-corrected chi connectivity index (χ3v) is 3.92. The number of fused-ring (bicyclic) bond motifs is 1. The largest absolute Gasteiger partial charge is 0.296 e. The fourth-order valence-corrected chi connectivity index (χ4v) is 2.93. The molecule has 0 N–H and O–H groups in total. The van der Waals surface area contributed by atoms with Crippen molar-refractivity contribution in [2.75, 3.05) is 19.6 Å². The Balaban J connectivity index is 1.72. The highest BCUT2D eigenvalue weighted by Gasteiger charge is 2.24. The van der Waals surface area contributed by atoms with Gasteiger partial charge in [-0.3, -0.25) is 4.90 Å². The highest BCUT2D eigenvalue weighted by atomic mass is 15.2. The van der Waals surface area contributed by atoms with Gasteiger partial charge in [0.25, 0.3) is 0 Å². The van der Waals surface area contributed by atoms with Crippen LogP contribution in [0.25, 0.3) is 0 Å². The van der Waals surface area contributed by atoms with E-state index in [9.17, 15) is 0 Å². The lowest BCUT2D eigenvalue weighted by molar-refractivity contribution is 0.146. The van der Waals surface area contributed by atoms with Crippen LogP contribution in [-0.4, -0.2) is 30.6 Å². The van der Waals surface area contributed by atoms with Gasteiger partial charge in [0.05, 0.1) is 0 Å². The normalized spacial score (nSPS) is 23.0. The first kappa shape index (κ1) is 10.3. The third kappa shape index (κ3) is 2.00. The zero-order chi connectivity index (χ0) is 10.8. The number of hydrogen-bond acceptors (Lipinski definition) is 1. The Morgan fingerprint density at radius 3 is 2.62 bits per heavy atom. The van der Waals surface area contributed by atoms with Gasteiger partial charge in [-0.25, -0.2) is 5.32 Å². The van der Waals surface area contributed by atoms with Crippen molar-refractivity contribution >= 4 is 0 Å². The zero-order valence-corrected chi connectivity index (χ0v) is 9.73. The molecule has 2 nitrogen and oxygen atoms in total. The Morgan fingerprint density at radius 2 is 1.81 bits per heavy atom. The number of nitrogens with zero attached hydrogens (tertiary/aromatic N) is 2. The van der Waals surface area contributed by atoms with Crippen LogP contribution in [0.2, 0.25) is 0 Å². The molecule has 0 saturated carbocycles. The molecule has 1 aromatic rings. The molecule has 3 rings (SSSR count). The van der Waals surface area contributed by atoms with Crippen molar-refractivity contribution in [2.24, 2.45) is 0 Å². The van der Waals surface area contributed by atoms with Crippen LogP contribution in [-0.2, 0) is 13.0 Å². The second-order valence-electron chi connectivity index (χ2n) is 4.89. The number of rotatable bonds is 1. The third-order valence-electron chi connectivity index (χ3n) is 3.92. The second-order valence-corrected chi connectivity index (χ2v) is 4.89. The summed E-state index contributed by atoms with van der Waals surface area (Å²) in [6.45, 7) is 4.54. The van der Waals surface area contributed by atoms with E-state index < -0.39 is 0 Å². The summed E-state index contributed by atoms with van der Waals surface area (Å²) >= 11 is 0. The smallest absolute Gasteiger partial charge is 0.0239 e. The van der Waals surface area contributed by atoms with Crippen molar-refractivity contribution in [1.29, 1.82) is 0 Å². The maximum Gasteiger partial charge on any atom is 0.0239 e. The van der Waals surface area contributed by atoms with Crippen molar-refractivity contribution < 1.29 is 0 Å². The van der Waals surface area contributed by atoms with Crippen molar-refractivity contribution in [3.05, 3.63) is 35.4 Å². The lowest BCUT2D eigenvalue weighted by Crippen LogP contribution is -2.43. The summed E-state index contributed by atoms with van der Waals surface area (Å²) in [5, 5.41) is 4.44. The zero-order valence-electron chi connectivity index (χ0n) is 9.73. The topological polar surface area (TPSA) is 17.3 Å². The lowest BCUT2D eigenvalue weighted by Gasteiger charge is -2.37. The Labute approximate surface area is 97.6 Å². The van der Waals surface area contributed by atoms with Crippen LogP contribution in [0.3, 0.4) is 0 Å². The summed E-state index contributed by atoms with van der Waals surface area (Å²) in [6, 6.07) is 9.68. The van der Waals surface area contributed by atoms with Gasteiger partial charge in [0.1, 0.15) is 0 Å². The van der Waals surface area contributed by atoms with Gasteiger partial charge < -0.3 is 0 Å². The van der Waals surface area contributed by atoms with Gasteiger partial charge in [-0.15, -0.1) is 0 Å². The summed E-state index contributed by atoms with van der Waals surface area (Å²) in [5.74, 6) is 0. The van der Waals surface area contributed by atoms with Gasteiger partial charge in [-0.2, -0.15) is 0 Å². The molecule has 2 heteroatoms. The molecule has 2 aliphatic heterocycles. The molecule has 0 atom stereocenters. The van der Waals surface area contributed by atoms with E-state index in [1.54, 1.807) is 5.56 Å². The number of hydrogen-bond donors (Lipinski definition) is 0. The minimum Gasteiger partial charge on any atom is -0.296 e. The molecule has 85 valence electrons. The standard InChI is InChI=1S/C14H19N2/c1-2-4-13-11-16(10-7-12(13)3-1)14-5-8-15-9-6-14/h1-4,14H,5-11H2. The van der Waals surface area contributed by atoms with Crippen molar-refractivity contribution in [3.63, 3.8) is 0 Å². The summed E-state index contributed by atoms with van der Waals surface area (Å²) in [5.41, 5.74) is 3.09. The fourth-order valence-electron chi connectivity index (χ4n) is 2.93. The van der Waals surface area contributed by atoms with Gasteiger partial charge in [0.2, 0.25) is 0 Å². The van der Waals surface area contributed by atoms with Crippen LogP contribution in [0, 0.1) is 0 Å². The minimum absolute atomic E-state index is 0.783. The first-order valence-corrected chi connectivity index (χ1v) is 6.37. The fraction of sp³-hybridized carbons (Fsp3) is 0.571. The Morgan fingerprint density at radius 1 is 1.06 bits per heavy atom. The molecule has 1 aromatic carbocycles. The van der Waals surface area contributed by atoms with Crippen LogP contribution in [0.5, 0.6) is 0 Å². The minimum atomic E-state index is 0.783. The molecular formula is C14H19N2. The molecule has 0 aliphatic carbocycles. The molecule has 0 spiro atoms. The quantitative estimate of drug-likeness (QED) is 0.698. The monoisotopic (exact) mass is 215 g/mol. The highest BCUT2D eigenvalue weighted by molar-refractivity contribution is 5.29. The molecule has 16 heavy (non-hydrogen) atoms. The molecule has 0 bridgehead atoms. The van der Waals surface area contributed by atoms with Crippen LogP contribution >= 0.6 is 0 Å². The SMILES string of the molecule is c1ccc2c(c1)CCN(C1CC[N]CC1)C2. The summed E-state index contributed by atoms with van der Waals surface area (Å²) in [4.78, 5) is 2.66. The molecule has 0 unspecified atom stereocenters. The predicted molar refractivity (Wildman–Crippen MR) is 65.4 cm³/mol. The summed E-state index contributed by atoms with van der Waals surface area (Å²) in [6.07, 6.45) is 3.76. The Hall–Kier alpha value is -0.860. The predicted octanol–water partition coefficient (Wildman–Crippen LogP) is 1.81. The Bertz CT molecular complexity index is 356. The molecule has 0 amide bonds. The van der Waals surface area contributed by atoms with E-state index in [-0.39, 0.29) is 0 Å². The molecule has 1 radical (unpaired) electrons. The van der Waals surface area contributed by atoms with E-state index in [0.29, 0.717) is 0 Å². The van der Waals surface area contributed by atoms with Gasteiger partial charge >= 0.3 is 0 Å². The van der Waals surface area contributed by atoms with Crippen LogP contribution in [0.4, 0.5) is 0 Å². The van der Waals surface area contributed by atoms with E-state index in [0.717, 1.165) is 25.7 Å². The van der Waals surface area contributed by atoms with Gasteiger partial charge in [0.15, 0.2) is 0 Å². The first-order valence-electron chi connectivity index (χ1n) is 6.37. The summed E-state index contributed by atoms with van der Waals surface area (Å²) < 4.78 is 0. The molecule has 0 aromatic heterocycles. The van der Waals surface area contributed by atoms with Crippen LogP contribution < -0.4 is 5.32 Å². The summed E-state index contributed by atoms with van der Waals surface area (Å²) in [7, 11) is 0. The van der Waals surface area contributed by atoms with Gasteiger partial charge in [-0.05, 0) is 30.4 Å². The van der Waals surface area contributed by atoms with Crippen LogP contribution in [0.1, 0.15) is 24.0 Å².